The van der Waals surface area contributed by atoms with Gasteiger partial charge in [0, 0.05) is 64.5 Å². The molecule has 4 aliphatic rings. The van der Waals surface area contributed by atoms with Gasteiger partial charge in [0.15, 0.2) is 0 Å². The number of nitrogens with zero attached hydrogens (tertiary/aromatic N) is 7. The highest BCUT2D eigenvalue weighted by Gasteiger charge is 2.38. The van der Waals surface area contributed by atoms with Crippen LogP contribution in [0.25, 0.3) is 22.1 Å². The first-order valence-corrected chi connectivity index (χ1v) is 22.3. The summed E-state index contributed by atoms with van der Waals surface area (Å²) >= 11 is 0. The topological polar surface area (TPSA) is 196 Å². The van der Waals surface area contributed by atoms with Gasteiger partial charge < -0.3 is 19.3 Å². The van der Waals surface area contributed by atoms with E-state index in [0.29, 0.717) is 73.9 Å². The highest BCUT2D eigenvalue weighted by molar-refractivity contribution is 6.01. The highest BCUT2D eigenvalue weighted by atomic mass is 16.6. The molecule has 2 aromatic carbocycles. The molecule has 0 saturated carbocycles. The fraction of sp³-hybridized carbons (Fsp3) is 0.565. The van der Waals surface area contributed by atoms with Gasteiger partial charge in [-0.15, -0.1) is 0 Å². The lowest BCUT2D eigenvalue weighted by Gasteiger charge is -2.35. The van der Waals surface area contributed by atoms with Crippen LogP contribution in [0.5, 0.6) is 0 Å². The van der Waals surface area contributed by atoms with Crippen LogP contribution in [0.3, 0.4) is 0 Å². The number of hydrogen-bond donors (Lipinski definition) is 1. The Morgan fingerprint density at radius 3 is 1.72 bits per heavy atom. The summed E-state index contributed by atoms with van der Waals surface area (Å²) in [7, 11) is 3.10. The van der Waals surface area contributed by atoms with Crippen molar-refractivity contribution in [2.45, 2.75) is 116 Å². The number of esters is 2. The van der Waals surface area contributed by atoms with E-state index >= 15 is 0 Å². The van der Waals surface area contributed by atoms with E-state index in [9.17, 15) is 38.4 Å². The van der Waals surface area contributed by atoms with Crippen molar-refractivity contribution in [3.05, 3.63) is 57.4 Å². The molecule has 4 aliphatic heterocycles. The lowest BCUT2D eigenvalue weighted by Crippen LogP contribution is -2.45. The number of hydrogen-bond acceptors (Lipinski definition) is 12. The van der Waals surface area contributed by atoms with Crippen LogP contribution in [0.15, 0.2) is 46.0 Å². The van der Waals surface area contributed by atoms with Gasteiger partial charge in [-0.25, -0.2) is 9.59 Å². The van der Waals surface area contributed by atoms with Crippen LogP contribution in [0.1, 0.15) is 98.1 Å². The molecule has 8 rings (SSSR count). The molecule has 2 unspecified atom stereocenters. The van der Waals surface area contributed by atoms with Crippen molar-refractivity contribution in [3.63, 3.8) is 0 Å². The molecular weight excluding hydrogens is 825 g/mol. The van der Waals surface area contributed by atoms with Crippen molar-refractivity contribution in [3.8, 4) is 0 Å². The Hall–Kier alpha value is -6.20. The zero-order chi connectivity index (χ0) is 46.0. The Kier molecular flexibility index (Phi) is 11.6. The Balaban J connectivity index is 0.972. The number of aromatic nitrogens is 4. The van der Waals surface area contributed by atoms with Crippen molar-refractivity contribution in [2.75, 3.05) is 43.0 Å². The molecule has 4 saturated heterocycles. The minimum Gasteiger partial charge on any atom is -0.460 e. The summed E-state index contributed by atoms with van der Waals surface area (Å²) in [5, 5.41) is 2.37. The number of aryl methyl sites for hydroxylation is 1. The number of likely N-dealkylation sites (N-methyl/N-ethyl adjacent to an activating group) is 1. The van der Waals surface area contributed by atoms with Crippen molar-refractivity contribution in [2.24, 2.45) is 18.9 Å². The number of likely N-dealkylation sites (tertiary alicyclic amines) is 1. The Morgan fingerprint density at radius 2 is 1.16 bits per heavy atom. The molecule has 4 fully saturated rings. The number of imide groups is 2. The van der Waals surface area contributed by atoms with E-state index in [1.54, 1.807) is 25.5 Å². The monoisotopic (exact) mass is 882 g/mol. The van der Waals surface area contributed by atoms with E-state index in [1.807, 2.05) is 57.2 Å². The molecule has 64 heavy (non-hydrogen) atoms. The number of ether oxygens (including phenoxy) is 2. The van der Waals surface area contributed by atoms with Crippen molar-refractivity contribution in [1.29, 1.82) is 0 Å². The first kappa shape index (κ1) is 44.4. The third-order valence-electron chi connectivity index (χ3n) is 13.2. The van der Waals surface area contributed by atoms with Crippen LogP contribution < -0.4 is 26.5 Å². The molecule has 18 heteroatoms. The average molecular weight is 883 g/mol. The SMILES string of the molecule is CN1C(=O)CCC(n2c(=O)n(C)c3cc(N4CCC(C(=O)OC(C)(C)Cn5c(=O)n(C6CCC(=O)NC6=O)c6ccc(N7CCC(C(=O)OC(C)(C)C)CC7)cc65)CC4)ccc32)C1=O. The van der Waals surface area contributed by atoms with Crippen LogP contribution >= 0.6 is 0 Å². The van der Waals surface area contributed by atoms with Gasteiger partial charge in [-0.05, 0) is 110 Å². The standard InChI is InChI=1S/C46H58N8O10/c1-45(2,3)63-41(59)27-16-20-51(21-17-27)30-9-11-32-36(25-30)52(44(62)53(32)33-12-14-37(55)47-39(33)57)26-46(4,5)64-42(60)28-18-22-50(23-19-28)29-8-10-31-35(24-29)48(6)43(61)54(31)34-13-15-38(56)49(7)40(34)58/h8-11,24-25,27-28,33-34H,12-23,26H2,1-7H3,(H,47,55,57). The first-order valence-electron chi connectivity index (χ1n) is 22.3. The number of fused-ring (bicyclic) bond motifs is 2. The Morgan fingerprint density at radius 1 is 0.641 bits per heavy atom. The Bertz CT molecular complexity index is 2680. The molecular formula is C46H58N8O10. The number of amides is 4. The molecule has 0 spiro atoms. The van der Waals surface area contributed by atoms with Gasteiger partial charge in [0.05, 0.1) is 40.4 Å². The summed E-state index contributed by atoms with van der Waals surface area (Å²) in [5.41, 5.74) is 1.53. The van der Waals surface area contributed by atoms with Gasteiger partial charge >= 0.3 is 23.3 Å². The molecule has 0 aliphatic carbocycles. The lowest BCUT2D eigenvalue weighted by atomic mass is 9.96. The summed E-state index contributed by atoms with van der Waals surface area (Å²) in [6.07, 6.45) is 2.92. The zero-order valence-corrected chi connectivity index (χ0v) is 37.7. The van der Waals surface area contributed by atoms with Crippen LogP contribution in [-0.2, 0) is 51.8 Å². The van der Waals surface area contributed by atoms with Crippen LogP contribution in [-0.4, -0.2) is 103 Å². The predicted octanol–water partition coefficient (Wildman–Crippen LogP) is 3.55. The second-order valence-corrected chi connectivity index (χ2v) is 19.3. The first-order chi connectivity index (χ1) is 30.2. The number of imidazole rings is 2. The summed E-state index contributed by atoms with van der Waals surface area (Å²) in [5.74, 6) is -2.81. The molecule has 342 valence electrons. The largest absolute Gasteiger partial charge is 0.460 e. The van der Waals surface area contributed by atoms with Gasteiger partial charge in [-0.2, -0.15) is 0 Å². The molecule has 6 heterocycles. The van der Waals surface area contributed by atoms with E-state index < -0.39 is 46.7 Å². The summed E-state index contributed by atoms with van der Waals surface area (Å²) in [6, 6.07) is 9.60. The van der Waals surface area contributed by atoms with Gasteiger partial charge in [0.2, 0.25) is 17.7 Å². The molecule has 4 amide bonds. The number of nitrogens with one attached hydrogen (secondary N) is 1. The normalized spacial score (nSPS) is 21.0. The fourth-order valence-corrected chi connectivity index (χ4v) is 9.73. The smallest absolute Gasteiger partial charge is 0.329 e. The van der Waals surface area contributed by atoms with Crippen LogP contribution in [0.4, 0.5) is 11.4 Å². The fourth-order valence-electron chi connectivity index (χ4n) is 9.73. The number of rotatable bonds is 9. The number of anilines is 2. The molecule has 2 atom stereocenters. The number of carbonyl (C=O) groups is 6. The second kappa shape index (κ2) is 16.7. The summed E-state index contributed by atoms with van der Waals surface area (Å²) in [4.78, 5) is 110. The van der Waals surface area contributed by atoms with Crippen molar-refractivity contribution in [1.82, 2.24) is 28.5 Å². The third-order valence-corrected chi connectivity index (χ3v) is 13.2. The minimum absolute atomic E-state index is 0.00517. The van der Waals surface area contributed by atoms with E-state index in [0.717, 1.165) is 16.3 Å². The second-order valence-electron chi connectivity index (χ2n) is 19.3. The highest BCUT2D eigenvalue weighted by Crippen LogP contribution is 2.34. The maximum atomic E-state index is 14.4. The van der Waals surface area contributed by atoms with Gasteiger partial charge in [0.25, 0.3) is 5.91 Å². The number of piperidine rings is 4. The molecule has 0 bridgehead atoms. The van der Waals surface area contributed by atoms with E-state index in [4.69, 9.17) is 9.47 Å². The predicted molar refractivity (Wildman–Crippen MR) is 237 cm³/mol. The lowest BCUT2D eigenvalue weighted by molar-refractivity contribution is -0.164. The molecule has 4 aromatic rings. The molecule has 18 nitrogen and oxygen atoms in total. The summed E-state index contributed by atoms with van der Waals surface area (Å²) in [6.45, 7) is 11.4. The number of benzene rings is 2. The quantitative estimate of drug-likeness (QED) is 0.190. The maximum Gasteiger partial charge on any atom is 0.329 e. The minimum atomic E-state index is -1.14. The van der Waals surface area contributed by atoms with Gasteiger partial charge in [0.1, 0.15) is 23.3 Å². The maximum absolute atomic E-state index is 14.4. The number of carbonyl (C=O) groups excluding carboxylic acids is 6. The van der Waals surface area contributed by atoms with Crippen LogP contribution in [0.2, 0.25) is 0 Å². The van der Waals surface area contributed by atoms with Crippen molar-refractivity contribution < 1.29 is 38.2 Å². The van der Waals surface area contributed by atoms with E-state index in [2.05, 4.69) is 15.1 Å². The third kappa shape index (κ3) is 8.45. The molecule has 2 aromatic heterocycles. The summed E-state index contributed by atoms with van der Waals surface area (Å²) < 4.78 is 17.8. The molecule has 1 N–H and O–H groups in total. The van der Waals surface area contributed by atoms with Crippen LogP contribution in [0, 0.1) is 11.8 Å². The van der Waals surface area contributed by atoms with E-state index in [1.165, 1.54) is 20.7 Å². The Labute approximate surface area is 370 Å². The average Bonchev–Trinajstić information content (AvgIpc) is 3.65. The molecule has 0 radical (unpaired) electrons. The van der Waals surface area contributed by atoms with Gasteiger partial charge in [-0.3, -0.25) is 57.3 Å². The van der Waals surface area contributed by atoms with Crippen molar-refractivity contribution >= 4 is 69.0 Å². The zero-order valence-electron chi connectivity index (χ0n) is 37.7. The van der Waals surface area contributed by atoms with E-state index in [-0.39, 0.29) is 67.6 Å². The van der Waals surface area contributed by atoms with Gasteiger partial charge in [-0.1, -0.05) is 0 Å².